The van der Waals surface area contributed by atoms with Gasteiger partial charge in [-0.25, -0.2) is 15.8 Å². The minimum Gasteiger partial charge on any atom is -0.374 e. The Labute approximate surface area is 127 Å². The molecule has 1 heterocycles. The summed E-state index contributed by atoms with van der Waals surface area (Å²) in [6.45, 7) is 6.15. The number of hydrogen-bond acceptors (Lipinski definition) is 6. The minimum absolute atomic E-state index is 0.418. The lowest BCUT2D eigenvalue weighted by atomic mass is 9.94. The molecule has 1 aromatic heterocycles. The topological polar surface area (TPSA) is 76.3 Å². The lowest BCUT2D eigenvalue weighted by Gasteiger charge is -2.34. The van der Waals surface area contributed by atoms with Crippen molar-refractivity contribution in [1.29, 1.82) is 0 Å². The van der Waals surface area contributed by atoms with E-state index in [9.17, 15) is 0 Å². The van der Waals surface area contributed by atoms with E-state index in [0.717, 1.165) is 12.4 Å². The highest BCUT2D eigenvalue weighted by atomic mass is 16.5. The van der Waals surface area contributed by atoms with Gasteiger partial charge in [0.05, 0.1) is 0 Å². The molecule has 118 valence electrons. The molecule has 0 unspecified atom stereocenters. The summed E-state index contributed by atoms with van der Waals surface area (Å²) in [5.74, 6) is 7.80. The number of nitrogens with one attached hydrogen (secondary N) is 1. The van der Waals surface area contributed by atoms with E-state index in [-0.39, 0.29) is 0 Å². The molecule has 1 saturated carbocycles. The van der Waals surface area contributed by atoms with E-state index in [4.69, 9.17) is 10.6 Å². The highest BCUT2D eigenvalue weighted by Crippen LogP contribution is 2.27. The lowest BCUT2D eigenvalue weighted by Crippen LogP contribution is -2.37. The van der Waals surface area contributed by atoms with Crippen molar-refractivity contribution in [2.45, 2.75) is 58.6 Å². The Morgan fingerprint density at radius 1 is 1.29 bits per heavy atom. The van der Waals surface area contributed by atoms with Crippen molar-refractivity contribution < 1.29 is 4.74 Å². The molecule has 1 fully saturated rings. The van der Waals surface area contributed by atoms with Crippen molar-refractivity contribution in [3.05, 3.63) is 11.9 Å². The highest BCUT2D eigenvalue weighted by Gasteiger charge is 2.22. The Hall–Kier alpha value is -1.40. The molecule has 0 aliphatic heterocycles. The molecule has 0 bridgehead atoms. The smallest absolute Gasteiger partial charge is 0.158 e. The Morgan fingerprint density at radius 3 is 2.67 bits per heavy atom. The van der Waals surface area contributed by atoms with E-state index in [1.165, 1.54) is 32.1 Å². The standard InChI is InChI=1S/C15H27N5O/c1-3-20(12-8-6-5-7-9-12)15-10-13(19-16)17-14(18-15)11-21-4-2/h10,12H,3-9,11,16H2,1-2H3,(H,17,18,19). The van der Waals surface area contributed by atoms with Crippen molar-refractivity contribution >= 4 is 11.6 Å². The largest absolute Gasteiger partial charge is 0.374 e. The Bertz CT molecular complexity index is 434. The third-order valence-electron chi connectivity index (χ3n) is 3.99. The number of aromatic nitrogens is 2. The number of hydrogen-bond donors (Lipinski definition) is 2. The van der Waals surface area contributed by atoms with Crippen LogP contribution in [0.3, 0.4) is 0 Å². The van der Waals surface area contributed by atoms with Crippen LogP contribution in [0.4, 0.5) is 11.6 Å². The van der Waals surface area contributed by atoms with Crippen molar-refractivity contribution in [1.82, 2.24) is 9.97 Å². The van der Waals surface area contributed by atoms with E-state index in [1.807, 2.05) is 13.0 Å². The van der Waals surface area contributed by atoms with Gasteiger partial charge in [-0.05, 0) is 26.7 Å². The van der Waals surface area contributed by atoms with E-state index in [2.05, 4.69) is 27.2 Å². The summed E-state index contributed by atoms with van der Waals surface area (Å²) in [6.07, 6.45) is 6.44. The van der Waals surface area contributed by atoms with Crippen molar-refractivity contribution in [2.24, 2.45) is 5.84 Å². The Morgan fingerprint density at radius 2 is 2.05 bits per heavy atom. The molecular weight excluding hydrogens is 266 g/mol. The Balaban J connectivity index is 2.21. The molecular formula is C15H27N5O. The molecule has 0 aromatic carbocycles. The van der Waals surface area contributed by atoms with Crippen LogP contribution in [0.25, 0.3) is 0 Å². The van der Waals surface area contributed by atoms with Crippen LogP contribution in [0.2, 0.25) is 0 Å². The number of rotatable bonds is 7. The first-order chi connectivity index (χ1) is 10.3. The van der Waals surface area contributed by atoms with Crippen LogP contribution in [0.1, 0.15) is 51.8 Å². The molecule has 0 amide bonds. The molecule has 2 rings (SSSR count). The van der Waals surface area contributed by atoms with Crippen molar-refractivity contribution in [2.75, 3.05) is 23.5 Å². The molecule has 0 saturated heterocycles. The fraction of sp³-hybridized carbons (Fsp3) is 0.733. The van der Waals surface area contributed by atoms with E-state index >= 15 is 0 Å². The number of ether oxygens (including phenoxy) is 1. The summed E-state index contributed by atoms with van der Waals surface area (Å²) in [4.78, 5) is 11.4. The van der Waals surface area contributed by atoms with Gasteiger partial charge in [-0.15, -0.1) is 0 Å². The van der Waals surface area contributed by atoms with Gasteiger partial charge in [0.1, 0.15) is 18.2 Å². The fourth-order valence-corrected chi connectivity index (χ4v) is 2.96. The van der Waals surface area contributed by atoms with E-state index in [0.29, 0.717) is 30.9 Å². The summed E-state index contributed by atoms with van der Waals surface area (Å²) >= 11 is 0. The molecule has 0 spiro atoms. The summed E-state index contributed by atoms with van der Waals surface area (Å²) in [5, 5.41) is 0. The quantitative estimate of drug-likeness (QED) is 0.594. The van der Waals surface area contributed by atoms with Crippen LogP contribution in [0.5, 0.6) is 0 Å². The minimum atomic E-state index is 0.418. The maximum absolute atomic E-state index is 5.54. The fourth-order valence-electron chi connectivity index (χ4n) is 2.96. The molecule has 1 aliphatic rings. The molecule has 21 heavy (non-hydrogen) atoms. The van der Waals surface area contributed by atoms with E-state index < -0.39 is 0 Å². The van der Waals surface area contributed by atoms with Crippen LogP contribution in [-0.2, 0) is 11.3 Å². The van der Waals surface area contributed by atoms with Crippen LogP contribution in [0.15, 0.2) is 6.07 Å². The van der Waals surface area contributed by atoms with Gasteiger partial charge in [-0.2, -0.15) is 0 Å². The molecule has 3 N–H and O–H groups in total. The average Bonchev–Trinajstić information content (AvgIpc) is 2.54. The maximum Gasteiger partial charge on any atom is 0.158 e. The summed E-state index contributed by atoms with van der Waals surface area (Å²) in [7, 11) is 0. The monoisotopic (exact) mass is 293 g/mol. The number of nitrogen functional groups attached to an aromatic ring is 1. The summed E-state index contributed by atoms with van der Waals surface area (Å²) in [5.41, 5.74) is 2.63. The van der Waals surface area contributed by atoms with Gasteiger partial charge in [-0.3, -0.25) is 0 Å². The van der Waals surface area contributed by atoms with Gasteiger partial charge in [0.2, 0.25) is 0 Å². The summed E-state index contributed by atoms with van der Waals surface area (Å²) in [6, 6.07) is 2.50. The molecule has 1 aliphatic carbocycles. The van der Waals surface area contributed by atoms with Gasteiger partial charge >= 0.3 is 0 Å². The van der Waals surface area contributed by atoms with Gasteiger partial charge in [0.15, 0.2) is 5.82 Å². The third kappa shape index (κ3) is 4.28. The van der Waals surface area contributed by atoms with Gasteiger partial charge in [0.25, 0.3) is 0 Å². The SMILES string of the molecule is CCOCc1nc(NN)cc(N(CC)C2CCCCC2)n1. The maximum atomic E-state index is 5.54. The normalized spacial score (nSPS) is 16.0. The predicted molar refractivity (Wildman–Crippen MR) is 85.1 cm³/mol. The van der Waals surface area contributed by atoms with Crippen LogP contribution >= 0.6 is 0 Å². The zero-order valence-corrected chi connectivity index (χ0v) is 13.1. The number of nitrogens with zero attached hydrogens (tertiary/aromatic N) is 3. The first kappa shape index (κ1) is 16.0. The first-order valence-electron chi connectivity index (χ1n) is 7.97. The second kappa shape index (κ2) is 8.14. The van der Waals surface area contributed by atoms with Crippen LogP contribution in [0, 0.1) is 0 Å². The number of hydrazine groups is 1. The predicted octanol–water partition coefficient (Wildman–Crippen LogP) is 2.46. The van der Waals surface area contributed by atoms with E-state index in [1.54, 1.807) is 0 Å². The molecule has 1 aromatic rings. The second-order valence-corrected chi connectivity index (χ2v) is 5.39. The van der Waals surface area contributed by atoms with Crippen LogP contribution < -0.4 is 16.2 Å². The van der Waals surface area contributed by atoms with Gasteiger partial charge in [-0.1, -0.05) is 19.3 Å². The van der Waals surface area contributed by atoms with Crippen LogP contribution in [-0.4, -0.2) is 29.2 Å². The van der Waals surface area contributed by atoms with Crippen molar-refractivity contribution in [3.8, 4) is 0 Å². The van der Waals surface area contributed by atoms with Gasteiger partial charge < -0.3 is 15.1 Å². The first-order valence-corrected chi connectivity index (χ1v) is 7.97. The molecule has 6 nitrogen and oxygen atoms in total. The zero-order chi connectivity index (χ0) is 15.1. The number of nitrogens with two attached hydrogens (primary N) is 1. The average molecular weight is 293 g/mol. The highest BCUT2D eigenvalue weighted by molar-refractivity contribution is 5.49. The van der Waals surface area contributed by atoms with Crippen molar-refractivity contribution in [3.63, 3.8) is 0 Å². The lowest BCUT2D eigenvalue weighted by molar-refractivity contribution is 0.128. The Kier molecular flexibility index (Phi) is 6.20. The number of anilines is 2. The summed E-state index contributed by atoms with van der Waals surface area (Å²) < 4.78 is 5.42. The molecule has 0 atom stereocenters. The molecule has 6 heteroatoms. The molecule has 0 radical (unpaired) electrons. The second-order valence-electron chi connectivity index (χ2n) is 5.39. The van der Waals surface area contributed by atoms with Gasteiger partial charge in [0, 0.05) is 25.3 Å². The zero-order valence-electron chi connectivity index (χ0n) is 13.1. The third-order valence-corrected chi connectivity index (χ3v) is 3.99.